The molecule has 18 heavy (non-hydrogen) atoms. The Morgan fingerprint density at radius 1 is 1.56 bits per heavy atom. The highest BCUT2D eigenvalue weighted by Crippen LogP contribution is 2.21. The van der Waals surface area contributed by atoms with Gasteiger partial charge in [-0.05, 0) is 25.5 Å². The summed E-state index contributed by atoms with van der Waals surface area (Å²) in [5.41, 5.74) is 7.21. The van der Waals surface area contributed by atoms with E-state index in [1.54, 1.807) is 6.20 Å². The van der Waals surface area contributed by atoms with Gasteiger partial charge in [0.05, 0.1) is 11.2 Å². The van der Waals surface area contributed by atoms with Crippen molar-refractivity contribution in [3.63, 3.8) is 0 Å². The van der Waals surface area contributed by atoms with E-state index in [4.69, 9.17) is 5.73 Å². The summed E-state index contributed by atoms with van der Waals surface area (Å²) < 4.78 is 0. The van der Waals surface area contributed by atoms with E-state index < -0.39 is 5.54 Å². The summed E-state index contributed by atoms with van der Waals surface area (Å²) >= 11 is 0. The van der Waals surface area contributed by atoms with Crippen LogP contribution in [0.1, 0.15) is 25.1 Å². The normalized spacial score (nSPS) is 19.6. The molecule has 5 nitrogen and oxygen atoms in total. The van der Waals surface area contributed by atoms with E-state index in [0.29, 0.717) is 19.6 Å². The molecule has 0 aromatic carbocycles. The number of nitrogens with two attached hydrogens (primary N) is 1. The van der Waals surface area contributed by atoms with Crippen molar-refractivity contribution in [3.05, 3.63) is 29.6 Å². The minimum atomic E-state index is -0.486. The van der Waals surface area contributed by atoms with Crippen molar-refractivity contribution in [2.24, 2.45) is 5.73 Å². The molecule has 0 bridgehead atoms. The first-order valence-corrected chi connectivity index (χ1v) is 6.22. The fraction of sp³-hybridized carbons (Fsp3) is 0.538. The molecule has 0 unspecified atom stereocenters. The molecule has 1 aliphatic heterocycles. The van der Waals surface area contributed by atoms with Gasteiger partial charge in [-0.25, -0.2) is 0 Å². The monoisotopic (exact) mass is 248 g/mol. The lowest BCUT2D eigenvalue weighted by Gasteiger charge is -2.41. The van der Waals surface area contributed by atoms with Crippen molar-refractivity contribution in [1.82, 2.24) is 15.2 Å². The Morgan fingerprint density at radius 2 is 2.33 bits per heavy atom. The van der Waals surface area contributed by atoms with Crippen LogP contribution in [0.3, 0.4) is 0 Å². The summed E-state index contributed by atoms with van der Waals surface area (Å²) in [5, 5.41) is 2.90. The summed E-state index contributed by atoms with van der Waals surface area (Å²) in [6, 6.07) is 3.93. The topological polar surface area (TPSA) is 71.2 Å². The van der Waals surface area contributed by atoms with Gasteiger partial charge >= 0.3 is 0 Å². The maximum Gasteiger partial charge on any atom is 0.240 e. The number of rotatable bonds is 3. The first-order chi connectivity index (χ1) is 8.55. The fourth-order valence-electron chi connectivity index (χ4n) is 2.23. The number of carbonyl (C=O) groups is 1. The molecule has 1 aliphatic rings. The number of aromatic nitrogens is 1. The van der Waals surface area contributed by atoms with Crippen molar-refractivity contribution in [2.75, 3.05) is 13.1 Å². The van der Waals surface area contributed by atoms with Crippen LogP contribution >= 0.6 is 0 Å². The first-order valence-electron chi connectivity index (χ1n) is 6.22. The molecule has 1 aromatic rings. The molecule has 0 atom stereocenters. The van der Waals surface area contributed by atoms with Crippen molar-refractivity contribution < 1.29 is 4.79 Å². The van der Waals surface area contributed by atoms with Gasteiger partial charge < -0.3 is 11.1 Å². The van der Waals surface area contributed by atoms with E-state index in [1.165, 1.54) is 0 Å². The van der Waals surface area contributed by atoms with Crippen LogP contribution in [0, 0.1) is 0 Å². The molecule has 5 heteroatoms. The largest absolute Gasteiger partial charge is 0.353 e. The second kappa shape index (κ2) is 5.04. The summed E-state index contributed by atoms with van der Waals surface area (Å²) in [5.74, 6) is 0.0759. The van der Waals surface area contributed by atoms with E-state index in [-0.39, 0.29) is 5.91 Å². The summed E-state index contributed by atoms with van der Waals surface area (Å²) in [6.07, 6.45) is 1.75. The predicted molar refractivity (Wildman–Crippen MR) is 69.6 cm³/mol. The zero-order valence-corrected chi connectivity index (χ0v) is 10.9. The lowest BCUT2D eigenvalue weighted by atomic mass is 9.97. The van der Waals surface area contributed by atoms with Crippen LogP contribution in [-0.2, 0) is 17.9 Å². The molecule has 2 heterocycles. The zero-order chi connectivity index (χ0) is 13.2. The third kappa shape index (κ3) is 2.37. The van der Waals surface area contributed by atoms with E-state index in [0.717, 1.165) is 17.8 Å². The van der Waals surface area contributed by atoms with E-state index in [2.05, 4.69) is 15.2 Å². The number of piperazine rings is 1. The molecule has 1 amide bonds. The average Bonchev–Trinajstić information content (AvgIpc) is 2.36. The Kier molecular flexibility index (Phi) is 3.63. The molecule has 0 spiro atoms. The maximum absolute atomic E-state index is 11.9. The highest BCUT2D eigenvalue weighted by molar-refractivity contribution is 5.86. The maximum atomic E-state index is 11.9. The highest BCUT2D eigenvalue weighted by atomic mass is 16.2. The molecule has 98 valence electrons. The van der Waals surface area contributed by atoms with Gasteiger partial charge in [0.1, 0.15) is 0 Å². The van der Waals surface area contributed by atoms with Gasteiger partial charge in [-0.15, -0.1) is 0 Å². The van der Waals surface area contributed by atoms with Crippen LogP contribution in [0.25, 0.3) is 0 Å². The highest BCUT2D eigenvalue weighted by Gasteiger charge is 2.37. The molecule has 3 N–H and O–H groups in total. The quantitative estimate of drug-likeness (QED) is 0.804. The Hall–Kier alpha value is -1.46. The number of pyridine rings is 1. The van der Waals surface area contributed by atoms with Gasteiger partial charge in [0.2, 0.25) is 5.91 Å². The number of carbonyl (C=O) groups excluding carboxylic acids is 1. The molecule has 1 aromatic heterocycles. The Bertz CT molecular complexity index is 444. The minimum Gasteiger partial charge on any atom is -0.353 e. The first kappa shape index (κ1) is 13.0. The number of hydrogen-bond donors (Lipinski definition) is 2. The van der Waals surface area contributed by atoms with E-state index in [9.17, 15) is 4.79 Å². The van der Waals surface area contributed by atoms with Gasteiger partial charge in [-0.3, -0.25) is 14.7 Å². The average molecular weight is 248 g/mol. The molecule has 2 rings (SSSR count). The van der Waals surface area contributed by atoms with Crippen molar-refractivity contribution >= 4 is 5.91 Å². The molecular weight excluding hydrogens is 228 g/mol. The Balaban J connectivity index is 2.20. The Labute approximate surface area is 107 Å². The van der Waals surface area contributed by atoms with E-state index in [1.807, 2.05) is 26.0 Å². The van der Waals surface area contributed by atoms with Crippen LogP contribution < -0.4 is 11.1 Å². The third-order valence-electron chi connectivity index (χ3n) is 3.55. The van der Waals surface area contributed by atoms with Crippen LogP contribution in [0.2, 0.25) is 0 Å². The van der Waals surface area contributed by atoms with Gasteiger partial charge in [-0.2, -0.15) is 0 Å². The van der Waals surface area contributed by atoms with Crippen molar-refractivity contribution in [3.8, 4) is 0 Å². The van der Waals surface area contributed by atoms with Crippen molar-refractivity contribution in [2.45, 2.75) is 32.5 Å². The molecule has 0 aliphatic carbocycles. The summed E-state index contributed by atoms with van der Waals surface area (Å²) in [7, 11) is 0. The SMILES string of the molecule is CC1(C)C(=O)NCCN1Cc1cccnc1CN. The van der Waals surface area contributed by atoms with Crippen molar-refractivity contribution in [1.29, 1.82) is 0 Å². The van der Waals surface area contributed by atoms with E-state index >= 15 is 0 Å². The van der Waals surface area contributed by atoms with Crippen LogP contribution in [-0.4, -0.2) is 34.4 Å². The lowest BCUT2D eigenvalue weighted by Crippen LogP contribution is -2.61. The lowest BCUT2D eigenvalue weighted by molar-refractivity contribution is -0.135. The van der Waals surface area contributed by atoms with Gasteiger partial charge in [0.25, 0.3) is 0 Å². The zero-order valence-electron chi connectivity index (χ0n) is 10.9. The molecule has 0 saturated carbocycles. The second-order valence-corrected chi connectivity index (χ2v) is 5.05. The Morgan fingerprint density at radius 3 is 3.06 bits per heavy atom. The van der Waals surface area contributed by atoms with Crippen LogP contribution in [0.15, 0.2) is 18.3 Å². The smallest absolute Gasteiger partial charge is 0.240 e. The number of amides is 1. The molecule has 1 fully saturated rings. The number of nitrogens with zero attached hydrogens (tertiary/aromatic N) is 2. The molecular formula is C13H20N4O. The molecule has 1 saturated heterocycles. The summed E-state index contributed by atoms with van der Waals surface area (Å²) in [4.78, 5) is 18.3. The molecule has 0 radical (unpaired) electrons. The number of nitrogens with one attached hydrogen (secondary N) is 1. The van der Waals surface area contributed by atoms with Gasteiger partial charge in [0, 0.05) is 32.4 Å². The minimum absolute atomic E-state index is 0.0759. The van der Waals surface area contributed by atoms with Gasteiger partial charge in [0.15, 0.2) is 0 Å². The third-order valence-corrected chi connectivity index (χ3v) is 3.55. The number of hydrogen-bond acceptors (Lipinski definition) is 4. The van der Waals surface area contributed by atoms with Crippen LogP contribution in [0.4, 0.5) is 0 Å². The predicted octanol–water partition coefficient (Wildman–Crippen LogP) is 0.251. The standard InChI is InChI=1S/C13H20N4O/c1-13(2)12(18)16-6-7-17(13)9-10-4-3-5-15-11(10)8-14/h3-5H,6-9,14H2,1-2H3,(H,16,18). The van der Waals surface area contributed by atoms with Gasteiger partial charge in [-0.1, -0.05) is 6.07 Å². The summed E-state index contributed by atoms with van der Waals surface area (Å²) in [6.45, 7) is 6.57. The fourth-order valence-corrected chi connectivity index (χ4v) is 2.23. The second-order valence-electron chi connectivity index (χ2n) is 5.05. The van der Waals surface area contributed by atoms with Crippen LogP contribution in [0.5, 0.6) is 0 Å².